The van der Waals surface area contributed by atoms with Gasteiger partial charge in [0.05, 0.1) is 0 Å². The Bertz CT molecular complexity index is 244. The van der Waals surface area contributed by atoms with Crippen molar-refractivity contribution in [1.82, 2.24) is 10.0 Å². The van der Waals surface area contributed by atoms with Gasteiger partial charge in [-0.05, 0) is 6.08 Å². The molecule has 2 aliphatic rings. The third kappa shape index (κ3) is 0.548. The summed E-state index contributed by atoms with van der Waals surface area (Å²) in [5.41, 5.74) is 0.411. The zero-order chi connectivity index (χ0) is 7.14. The van der Waals surface area contributed by atoms with Crippen LogP contribution in [0.4, 0.5) is 0 Å². The molecule has 2 heterocycles. The van der Waals surface area contributed by atoms with E-state index < -0.39 is 0 Å². The van der Waals surface area contributed by atoms with Crippen molar-refractivity contribution >= 4 is 11.6 Å². The molecular formula is C5H6N4O. The Morgan fingerprint density at radius 1 is 1.70 bits per heavy atom. The van der Waals surface area contributed by atoms with Crippen LogP contribution in [0.5, 0.6) is 0 Å². The van der Waals surface area contributed by atoms with Gasteiger partial charge < -0.3 is 0 Å². The second-order valence-corrected chi connectivity index (χ2v) is 2.16. The van der Waals surface area contributed by atoms with E-state index >= 15 is 0 Å². The third-order valence-electron chi connectivity index (χ3n) is 1.43. The lowest BCUT2D eigenvalue weighted by Crippen LogP contribution is -2.44. The van der Waals surface area contributed by atoms with Crippen LogP contribution in [0.15, 0.2) is 17.4 Å². The standard InChI is InChI=1S/C5H6N4O/c6-9-3-8-2-1-4(7-9)5(8)10/h1-2H,3,6H2. The third-order valence-corrected chi connectivity index (χ3v) is 1.43. The Balaban J connectivity index is 2.42. The molecule has 0 aromatic rings. The highest BCUT2D eigenvalue weighted by Gasteiger charge is 2.27. The molecule has 0 aromatic heterocycles. The maximum Gasteiger partial charge on any atom is 0.279 e. The lowest BCUT2D eigenvalue weighted by molar-refractivity contribution is -0.124. The van der Waals surface area contributed by atoms with Gasteiger partial charge in [0.1, 0.15) is 6.67 Å². The molecule has 0 aromatic carbocycles. The largest absolute Gasteiger partial charge is 0.292 e. The molecule has 2 N–H and O–H groups in total. The number of nitrogens with two attached hydrogens (primary N) is 1. The minimum atomic E-state index is -0.0679. The van der Waals surface area contributed by atoms with Gasteiger partial charge >= 0.3 is 0 Å². The van der Waals surface area contributed by atoms with E-state index in [4.69, 9.17) is 5.84 Å². The Morgan fingerprint density at radius 2 is 2.50 bits per heavy atom. The van der Waals surface area contributed by atoms with Crippen LogP contribution in [-0.4, -0.2) is 28.3 Å². The van der Waals surface area contributed by atoms with Crippen molar-refractivity contribution in [2.75, 3.05) is 6.67 Å². The molecular weight excluding hydrogens is 132 g/mol. The maximum atomic E-state index is 11.0. The first kappa shape index (κ1) is 5.43. The first-order valence-corrected chi connectivity index (χ1v) is 2.87. The lowest BCUT2D eigenvalue weighted by atomic mass is 10.4. The highest BCUT2D eigenvalue weighted by Crippen LogP contribution is 2.10. The Kier molecular flexibility index (Phi) is 0.853. The molecule has 2 aliphatic heterocycles. The van der Waals surface area contributed by atoms with Crippen molar-refractivity contribution in [2.45, 2.75) is 0 Å². The summed E-state index contributed by atoms with van der Waals surface area (Å²) >= 11 is 0. The minimum Gasteiger partial charge on any atom is -0.292 e. The molecule has 0 radical (unpaired) electrons. The van der Waals surface area contributed by atoms with Crippen molar-refractivity contribution in [1.29, 1.82) is 0 Å². The van der Waals surface area contributed by atoms with Crippen molar-refractivity contribution in [3.05, 3.63) is 12.3 Å². The molecule has 0 spiro atoms. The van der Waals surface area contributed by atoms with E-state index in [-0.39, 0.29) is 5.91 Å². The highest BCUT2D eigenvalue weighted by atomic mass is 16.2. The number of carbonyl (C=O) groups excluding carboxylic acids is 1. The second-order valence-electron chi connectivity index (χ2n) is 2.16. The molecule has 2 bridgehead atoms. The van der Waals surface area contributed by atoms with E-state index in [1.165, 1.54) is 10.0 Å². The number of nitrogens with zero attached hydrogens (tertiary/aromatic N) is 3. The van der Waals surface area contributed by atoms with E-state index in [0.29, 0.717) is 12.4 Å². The van der Waals surface area contributed by atoms with Gasteiger partial charge in [-0.25, -0.2) is 11.0 Å². The monoisotopic (exact) mass is 138 g/mol. The maximum absolute atomic E-state index is 11.0. The Morgan fingerprint density at radius 3 is 3.20 bits per heavy atom. The van der Waals surface area contributed by atoms with Gasteiger partial charge in [0, 0.05) is 6.20 Å². The quantitative estimate of drug-likeness (QED) is 0.430. The summed E-state index contributed by atoms with van der Waals surface area (Å²) in [6, 6.07) is 0. The van der Waals surface area contributed by atoms with Crippen LogP contribution >= 0.6 is 0 Å². The predicted molar refractivity (Wildman–Crippen MR) is 34.3 cm³/mol. The van der Waals surface area contributed by atoms with E-state index in [2.05, 4.69) is 5.10 Å². The molecule has 5 nitrogen and oxygen atoms in total. The van der Waals surface area contributed by atoms with E-state index in [9.17, 15) is 4.79 Å². The molecule has 1 amide bonds. The summed E-state index contributed by atoms with van der Waals surface area (Å²) < 4.78 is 0. The van der Waals surface area contributed by atoms with Gasteiger partial charge in [-0.15, -0.1) is 0 Å². The number of rotatable bonds is 0. The first-order chi connectivity index (χ1) is 4.77. The topological polar surface area (TPSA) is 61.9 Å². The molecule has 0 unspecified atom stereocenters. The molecule has 0 aliphatic carbocycles. The van der Waals surface area contributed by atoms with Gasteiger partial charge in [-0.1, -0.05) is 0 Å². The van der Waals surface area contributed by atoms with Gasteiger partial charge in [0.2, 0.25) is 0 Å². The first-order valence-electron chi connectivity index (χ1n) is 2.87. The van der Waals surface area contributed by atoms with Crippen molar-refractivity contribution in [2.24, 2.45) is 10.9 Å². The average Bonchev–Trinajstić information content (AvgIpc) is 2.20. The highest BCUT2D eigenvalue weighted by molar-refractivity contribution is 6.45. The van der Waals surface area contributed by atoms with Crippen LogP contribution in [0.25, 0.3) is 0 Å². The van der Waals surface area contributed by atoms with E-state index in [1.54, 1.807) is 12.3 Å². The van der Waals surface area contributed by atoms with Crippen molar-refractivity contribution in [3.63, 3.8) is 0 Å². The van der Waals surface area contributed by atoms with Crippen molar-refractivity contribution in [3.8, 4) is 0 Å². The zero-order valence-corrected chi connectivity index (χ0v) is 5.19. The van der Waals surface area contributed by atoms with Crippen LogP contribution in [-0.2, 0) is 4.79 Å². The number of amides is 1. The van der Waals surface area contributed by atoms with Gasteiger partial charge in [-0.2, -0.15) is 5.10 Å². The number of hydrazone groups is 1. The summed E-state index contributed by atoms with van der Waals surface area (Å²) in [5.74, 6) is 5.26. The van der Waals surface area contributed by atoms with Crippen molar-refractivity contribution < 1.29 is 4.79 Å². The van der Waals surface area contributed by atoms with Gasteiger partial charge in [0.15, 0.2) is 5.71 Å². The van der Waals surface area contributed by atoms with E-state index in [0.717, 1.165) is 0 Å². The number of hydrogen-bond donors (Lipinski definition) is 1. The summed E-state index contributed by atoms with van der Waals surface area (Å²) in [4.78, 5) is 12.5. The van der Waals surface area contributed by atoms with Crippen LogP contribution in [0.3, 0.4) is 0 Å². The second kappa shape index (κ2) is 1.57. The van der Waals surface area contributed by atoms with Crippen LogP contribution in [0.2, 0.25) is 0 Å². The number of carbonyl (C=O) groups is 1. The summed E-state index contributed by atoms with van der Waals surface area (Å²) in [5, 5.41) is 5.01. The molecule has 0 saturated heterocycles. The van der Waals surface area contributed by atoms with Crippen LogP contribution < -0.4 is 5.84 Å². The minimum absolute atomic E-state index is 0.0679. The number of hydrazine groups is 1. The lowest BCUT2D eigenvalue weighted by Gasteiger charge is -2.23. The molecule has 0 fully saturated rings. The summed E-state index contributed by atoms with van der Waals surface area (Å²) in [6.07, 6.45) is 3.32. The normalized spacial score (nSPS) is 22.1. The van der Waals surface area contributed by atoms with Crippen LogP contribution in [0.1, 0.15) is 0 Å². The fourth-order valence-electron chi connectivity index (χ4n) is 0.960. The molecule has 5 heteroatoms. The average molecular weight is 138 g/mol. The molecule has 52 valence electrons. The van der Waals surface area contributed by atoms with Crippen LogP contribution in [0, 0.1) is 0 Å². The SMILES string of the molecule is NN1CN2C=CC(=N1)C2=O. The Hall–Kier alpha value is -1.36. The molecule has 10 heavy (non-hydrogen) atoms. The predicted octanol–water partition coefficient (Wildman–Crippen LogP) is -1.15. The smallest absolute Gasteiger partial charge is 0.279 e. The number of hydrogen-bond acceptors (Lipinski definition) is 4. The fraction of sp³-hybridized carbons (Fsp3) is 0.200. The zero-order valence-electron chi connectivity index (χ0n) is 5.19. The van der Waals surface area contributed by atoms with Gasteiger partial charge in [-0.3, -0.25) is 9.69 Å². The summed E-state index contributed by atoms with van der Waals surface area (Å²) in [7, 11) is 0. The molecule has 0 saturated carbocycles. The molecule has 2 rings (SSSR count). The van der Waals surface area contributed by atoms with E-state index in [1.807, 2.05) is 0 Å². The summed E-state index contributed by atoms with van der Waals surface area (Å²) in [6.45, 7) is 0.346. The number of fused-ring (bicyclic) bond motifs is 2. The molecule has 0 atom stereocenters. The van der Waals surface area contributed by atoms with Gasteiger partial charge in [0.25, 0.3) is 5.91 Å². The Labute approximate surface area is 57.4 Å². The fourth-order valence-corrected chi connectivity index (χ4v) is 0.960.